The molecule has 69 heavy (non-hydrogen) atoms. The third-order valence-corrected chi connectivity index (χ3v) is 12.4. The van der Waals surface area contributed by atoms with Crippen LogP contribution in [0.4, 0.5) is 0 Å². The van der Waals surface area contributed by atoms with Gasteiger partial charge < -0.3 is 14.2 Å². The first-order chi connectivity index (χ1) is 34.0. The van der Waals surface area contributed by atoms with Crippen LogP contribution in [0.15, 0.2) is 85.1 Å². The molecule has 0 spiro atoms. The lowest BCUT2D eigenvalue weighted by Crippen LogP contribution is -2.30. The molecule has 0 aromatic rings. The Balaban J connectivity index is 4.40. The Hall–Kier alpha value is -3.41. The van der Waals surface area contributed by atoms with Gasteiger partial charge in [0.2, 0.25) is 0 Å². The first-order valence-corrected chi connectivity index (χ1v) is 29.1. The number of esters is 3. The number of allylic oxidation sites excluding steroid dienone is 14. The van der Waals surface area contributed by atoms with Crippen molar-refractivity contribution in [3.63, 3.8) is 0 Å². The molecule has 0 bridgehead atoms. The van der Waals surface area contributed by atoms with Crippen molar-refractivity contribution in [2.75, 3.05) is 13.2 Å². The zero-order valence-electron chi connectivity index (χ0n) is 45.3. The monoisotopic (exact) mass is 961 g/mol. The minimum Gasteiger partial charge on any atom is -0.462 e. The summed E-state index contributed by atoms with van der Waals surface area (Å²) in [6, 6.07) is 0. The summed E-state index contributed by atoms with van der Waals surface area (Å²) in [5.41, 5.74) is 0. The SMILES string of the molecule is CC/C=C\C/C=C\C/C=C\CCCCCCCCCC(=O)OC(COC(=O)CCCCCCC/C=C\C/C=C\C/C=C\CC)COC(=O)CCCCCCCCCCC/C=C\CCCCCCCC. The molecule has 0 radical (unpaired) electrons. The lowest BCUT2D eigenvalue weighted by Gasteiger charge is -2.18. The summed E-state index contributed by atoms with van der Waals surface area (Å²) in [5.74, 6) is -0.910. The average molecular weight is 962 g/mol. The third-order valence-electron chi connectivity index (χ3n) is 12.4. The topological polar surface area (TPSA) is 78.9 Å². The van der Waals surface area contributed by atoms with Crippen LogP contribution in [0.2, 0.25) is 0 Å². The summed E-state index contributed by atoms with van der Waals surface area (Å²) in [4.78, 5) is 38.2. The minimum atomic E-state index is -0.791. The Morgan fingerprint density at radius 3 is 0.899 bits per heavy atom. The number of carbonyl (C=O) groups excluding carboxylic acids is 3. The second kappa shape index (κ2) is 57.2. The van der Waals surface area contributed by atoms with Crippen molar-refractivity contribution in [2.45, 2.75) is 284 Å². The molecule has 0 amide bonds. The Bertz CT molecular complexity index is 1330. The Morgan fingerprint density at radius 2 is 0.565 bits per heavy atom. The van der Waals surface area contributed by atoms with Crippen molar-refractivity contribution < 1.29 is 28.6 Å². The van der Waals surface area contributed by atoms with Crippen LogP contribution < -0.4 is 0 Å². The van der Waals surface area contributed by atoms with Gasteiger partial charge in [0.25, 0.3) is 0 Å². The van der Waals surface area contributed by atoms with Gasteiger partial charge in [-0.05, 0) is 109 Å². The van der Waals surface area contributed by atoms with Crippen LogP contribution in [0.25, 0.3) is 0 Å². The summed E-state index contributed by atoms with van der Waals surface area (Å²) in [5, 5.41) is 0. The first kappa shape index (κ1) is 65.6. The largest absolute Gasteiger partial charge is 0.462 e. The number of ether oxygens (including phenoxy) is 3. The van der Waals surface area contributed by atoms with Crippen LogP contribution in [0.1, 0.15) is 278 Å². The molecule has 0 aliphatic carbocycles. The van der Waals surface area contributed by atoms with Crippen molar-refractivity contribution >= 4 is 17.9 Å². The van der Waals surface area contributed by atoms with E-state index in [0.29, 0.717) is 19.3 Å². The molecule has 0 aromatic carbocycles. The number of hydrogen-bond acceptors (Lipinski definition) is 6. The van der Waals surface area contributed by atoms with Crippen LogP contribution in [-0.4, -0.2) is 37.2 Å². The standard InChI is InChI=1S/C63H108O6/c1-4-7-10-13-16-19-22-25-28-30-31-33-35-38-41-44-47-50-53-56-62(65)68-59-60(58-67-61(64)55-52-49-46-43-40-37-34-27-24-21-18-15-12-9-6-3)69-63(66)57-54-51-48-45-42-39-36-32-29-26-23-20-17-14-11-8-5-2/h8-9,11-12,17-18,20-21,25-29,34,60H,4-7,10,13-16,19,22-24,30-33,35-59H2,1-3H3/b11-8-,12-9-,20-17-,21-18-,28-25-,29-26-,34-27-. The van der Waals surface area contributed by atoms with Gasteiger partial charge in [-0.1, -0.05) is 234 Å². The zero-order chi connectivity index (χ0) is 50.0. The average Bonchev–Trinajstić information content (AvgIpc) is 3.35. The van der Waals surface area contributed by atoms with Crippen molar-refractivity contribution in [2.24, 2.45) is 0 Å². The highest BCUT2D eigenvalue weighted by molar-refractivity contribution is 5.71. The van der Waals surface area contributed by atoms with Gasteiger partial charge in [0.15, 0.2) is 6.10 Å². The Morgan fingerprint density at radius 1 is 0.304 bits per heavy atom. The van der Waals surface area contributed by atoms with Crippen molar-refractivity contribution in [3.8, 4) is 0 Å². The molecular weight excluding hydrogens is 853 g/mol. The third kappa shape index (κ3) is 55.4. The zero-order valence-corrected chi connectivity index (χ0v) is 45.3. The number of hydrogen-bond donors (Lipinski definition) is 0. The number of rotatable bonds is 52. The maximum atomic E-state index is 12.9. The van der Waals surface area contributed by atoms with Crippen LogP contribution in [0, 0.1) is 0 Å². The molecule has 0 rings (SSSR count). The molecule has 0 heterocycles. The molecular formula is C63H108O6. The molecule has 6 nitrogen and oxygen atoms in total. The predicted octanol–water partition coefficient (Wildman–Crippen LogP) is 19.5. The molecule has 6 heteroatoms. The van der Waals surface area contributed by atoms with Crippen molar-refractivity contribution in [1.29, 1.82) is 0 Å². The molecule has 0 N–H and O–H groups in total. The van der Waals surface area contributed by atoms with E-state index < -0.39 is 6.10 Å². The maximum absolute atomic E-state index is 12.9. The fourth-order valence-corrected chi connectivity index (χ4v) is 8.05. The Labute approximate surface area is 426 Å². The van der Waals surface area contributed by atoms with Crippen molar-refractivity contribution in [3.05, 3.63) is 85.1 Å². The summed E-state index contributed by atoms with van der Waals surface area (Å²) in [6.07, 6.45) is 74.3. The molecule has 0 aliphatic rings. The van der Waals surface area contributed by atoms with E-state index >= 15 is 0 Å². The molecule has 0 saturated carbocycles. The maximum Gasteiger partial charge on any atom is 0.306 e. The fourth-order valence-electron chi connectivity index (χ4n) is 8.05. The molecule has 0 aliphatic heterocycles. The second-order valence-corrected chi connectivity index (χ2v) is 19.1. The summed E-state index contributed by atoms with van der Waals surface area (Å²) in [6.45, 7) is 6.41. The molecule has 0 aromatic heterocycles. The van der Waals surface area contributed by atoms with E-state index in [4.69, 9.17) is 14.2 Å². The van der Waals surface area contributed by atoms with E-state index in [0.717, 1.165) is 122 Å². The van der Waals surface area contributed by atoms with E-state index in [1.54, 1.807) is 0 Å². The van der Waals surface area contributed by atoms with E-state index in [-0.39, 0.29) is 31.1 Å². The molecule has 0 fully saturated rings. The van der Waals surface area contributed by atoms with Crippen LogP contribution in [0.5, 0.6) is 0 Å². The summed E-state index contributed by atoms with van der Waals surface area (Å²) < 4.78 is 16.9. The summed E-state index contributed by atoms with van der Waals surface area (Å²) in [7, 11) is 0. The van der Waals surface area contributed by atoms with E-state index in [2.05, 4.69) is 106 Å². The van der Waals surface area contributed by atoms with Gasteiger partial charge in [0.05, 0.1) is 0 Å². The highest BCUT2D eigenvalue weighted by Crippen LogP contribution is 2.15. The molecule has 0 saturated heterocycles. The minimum absolute atomic E-state index is 0.0870. The molecule has 1 unspecified atom stereocenters. The van der Waals surface area contributed by atoms with Gasteiger partial charge in [0, 0.05) is 19.3 Å². The van der Waals surface area contributed by atoms with Gasteiger partial charge in [-0.25, -0.2) is 0 Å². The van der Waals surface area contributed by atoms with E-state index in [1.165, 1.54) is 116 Å². The lowest BCUT2D eigenvalue weighted by molar-refractivity contribution is -0.167. The van der Waals surface area contributed by atoms with Crippen LogP contribution in [-0.2, 0) is 28.6 Å². The van der Waals surface area contributed by atoms with Gasteiger partial charge in [-0.15, -0.1) is 0 Å². The smallest absolute Gasteiger partial charge is 0.306 e. The van der Waals surface area contributed by atoms with E-state index in [9.17, 15) is 14.4 Å². The Kier molecular flexibility index (Phi) is 54.3. The highest BCUT2D eigenvalue weighted by Gasteiger charge is 2.19. The number of carbonyl (C=O) groups is 3. The molecule has 1 atom stereocenters. The second-order valence-electron chi connectivity index (χ2n) is 19.1. The highest BCUT2D eigenvalue weighted by atomic mass is 16.6. The lowest BCUT2D eigenvalue weighted by atomic mass is 10.1. The van der Waals surface area contributed by atoms with Gasteiger partial charge in [-0.2, -0.15) is 0 Å². The first-order valence-electron chi connectivity index (χ1n) is 29.1. The number of unbranched alkanes of at least 4 members (excludes halogenated alkanes) is 27. The van der Waals surface area contributed by atoms with Gasteiger partial charge in [-0.3, -0.25) is 14.4 Å². The van der Waals surface area contributed by atoms with Gasteiger partial charge >= 0.3 is 17.9 Å². The predicted molar refractivity (Wildman–Crippen MR) is 297 cm³/mol. The van der Waals surface area contributed by atoms with Crippen LogP contribution >= 0.6 is 0 Å². The van der Waals surface area contributed by atoms with E-state index in [1.807, 2.05) is 0 Å². The molecule has 396 valence electrons. The fraction of sp³-hybridized carbons (Fsp3) is 0.730. The summed E-state index contributed by atoms with van der Waals surface area (Å²) >= 11 is 0. The van der Waals surface area contributed by atoms with Crippen LogP contribution in [0.3, 0.4) is 0 Å². The quantitative estimate of drug-likeness (QED) is 0.0262. The van der Waals surface area contributed by atoms with Gasteiger partial charge in [0.1, 0.15) is 13.2 Å². The van der Waals surface area contributed by atoms with Crippen molar-refractivity contribution in [1.82, 2.24) is 0 Å². The normalized spacial score (nSPS) is 12.7.